The zero-order valence-corrected chi connectivity index (χ0v) is 11.6. The maximum Gasteiger partial charge on any atom is 0.389 e. The summed E-state index contributed by atoms with van der Waals surface area (Å²) >= 11 is 0. The van der Waals surface area contributed by atoms with Gasteiger partial charge in [-0.15, -0.1) is 0 Å². The van der Waals surface area contributed by atoms with Crippen molar-refractivity contribution in [3.05, 3.63) is 34.3 Å². The lowest BCUT2D eigenvalue weighted by atomic mass is 10.3. The van der Waals surface area contributed by atoms with Crippen LogP contribution in [-0.4, -0.2) is 36.3 Å². The van der Waals surface area contributed by atoms with Crippen molar-refractivity contribution >= 4 is 23.3 Å². The Morgan fingerprint density at radius 1 is 1.41 bits per heavy atom. The first-order chi connectivity index (χ1) is 10.4. The average molecular weight is 307 g/mol. The summed E-state index contributed by atoms with van der Waals surface area (Å²) < 4.78 is 2.57. The molecule has 0 unspecified atom stereocenters. The molecular weight excluding hydrogens is 294 g/mol. The zero-order chi connectivity index (χ0) is 16.3. The number of hydrogen-bond donors (Lipinski definition) is 2. The highest BCUT2D eigenvalue weighted by atomic mass is 16.6. The molecule has 0 fully saturated rings. The number of primary amides is 1. The van der Waals surface area contributed by atoms with E-state index in [1.54, 1.807) is 0 Å². The Morgan fingerprint density at radius 3 is 2.68 bits per heavy atom. The molecule has 0 aliphatic heterocycles. The summed E-state index contributed by atoms with van der Waals surface area (Å²) in [7, 11) is 0. The van der Waals surface area contributed by atoms with Crippen LogP contribution in [0.5, 0.6) is 0 Å². The van der Waals surface area contributed by atoms with Crippen molar-refractivity contribution < 1.29 is 14.5 Å². The van der Waals surface area contributed by atoms with Gasteiger partial charge in [0.05, 0.1) is 23.0 Å². The highest BCUT2D eigenvalue weighted by Crippen LogP contribution is 2.13. The van der Waals surface area contributed by atoms with Crippen LogP contribution in [0.1, 0.15) is 17.4 Å². The van der Waals surface area contributed by atoms with Gasteiger partial charge in [-0.2, -0.15) is 9.78 Å². The largest absolute Gasteiger partial charge is 0.389 e. The SMILES string of the molecule is CCn1cc(NC(=O)Cn2ccc([N+](=O)[O-])n2)c(C(N)=O)n1. The Bertz CT molecular complexity index is 733. The van der Waals surface area contributed by atoms with E-state index in [0.717, 1.165) is 4.68 Å². The molecule has 0 aliphatic rings. The molecule has 0 spiro atoms. The highest BCUT2D eigenvalue weighted by molar-refractivity contribution is 6.01. The lowest BCUT2D eigenvalue weighted by Crippen LogP contribution is -2.21. The number of rotatable bonds is 6. The smallest absolute Gasteiger partial charge is 0.364 e. The molecule has 0 aliphatic carbocycles. The van der Waals surface area contributed by atoms with Crippen LogP contribution in [0, 0.1) is 10.1 Å². The fraction of sp³-hybridized carbons (Fsp3) is 0.273. The first-order valence-electron chi connectivity index (χ1n) is 6.25. The summed E-state index contributed by atoms with van der Waals surface area (Å²) in [5.74, 6) is -1.64. The molecule has 0 saturated carbocycles. The molecule has 0 aromatic carbocycles. The van der Waals surface area contributed by atoms with Gasteiger partial charge >= 0.3 is 5.82 Å². The molecule has 0 saturated heterocycles. The monoisotopic (exact) mass is 307 g/mol. The predicted molar refractivity (Wildman–Crippen MR) is 73.9 cm³/mol. The van der Waals surface area contributed by atoms with Gasteiger partial charge in [0.1, 0.15) is 6.54 Å². The van der Waals surface area contributed by atoms with Crippen molar-refractivity contribution in [2.75, 3.05) is 5.32 Å². The minimum absolute atomic E-state index is 0.0540. The second kappa shape index (κ2) is 6.03. The fourth-order valence-corrected chi connectivity index (χ4v) is 1.73. The van der Waals surface area contributed by atoms with Gasteiger partial charge in [0.25, 0.3) is 5.91 Å². The van der Waals surface area contributed by atoms with Crippen LogP contribution in [0.15, 0.2) is 18.5 Å². The van der Waals surface area contributed by atoms with E-state index in [0.29, 0.717) is 6.54 Å². The number of nitrogens with one attached hydrogen (secondary N) is 1. The summed E-state index contributed by atoms with van der Waals surface area (Å²) in [6.07, 6.45) is 2.78. The van der Waals surface area contributed by atoms with Crippen LogP contribution in [0.2, 0.25) is 0 Å². The van der Waals surface area contributed by atoms with E-state index < -0.39 is 16.7 Å². The van der Waals surface area contributed by atoms with Crippen molar-refractivity contribution in [1.29, 1.82) is 0 Å². The van der Waals surface area contributed by atoms with E-state index in [9.17, 15) is 19.7 Å². The summed E-state index contributed by atoms with van der Waals surface area (Å²) in [6, 6.07) is 1.18. The van der Waals surface area contributed by atoms with Crippen molar-refractivity contribution in [2.24, 2.45) is 5.73 Å². The molecule has 2 amide bonds. The minimum Gasteiger partial charge on any atom is -0.364 e. The van der Waals surface area contributed by atoms with Gasteiger partial charge in [0.2, 0.25) is 5.91 Å². The van der Waals surface area contributed by atoms with E-state index in [1.165, 1.54) is 23.1 Å². The molecule has 0 atom stereocenters. The number of nitro groups is 1. The molecule has 11 heteroatoms. The quantitative estimate of drug-likeness (QED) is 0.554. The van der Waals surface area contributed by atoms with Crippen molar-refractivity contribution in [3.63, 3.8) is 0 Å². The van der Waals surface area contributed by atoms with Crippen LogP contribution >= 0.6 is 0 Å². The molecule has 116 valence electrons. The van der Waals surface area contributed by atoms with Crippen molar-refractivity contribution in [1.82, 2.24) is 19.6 Å². The van der Waals surface area contributed by atoms with Gasteiger partial charge in [0, 0.05) is 12.7 Å². The van der Waals surface area contributed by atoms with E-state index in [4.69, 9.17) is 5.73 Å². The number of nitrogens with two attached hydrogens (primary N) is 1. The Morgan fingerprint density at radius 2 is 2.14 bits per heavy atom. The van der Waals surface area contributed by atoms with Gasteiger partial charge in [-0.3, -0.25) is 14.3 Å². The van der Waals surface area contributed by atoms with Gasteiger partial charge in [-0.1, -0.05) is 0 Å². The van der Waals surface area contributed by atoms with Crippen LogP contribution in [0.25, 0.3) is 0 Å². The van der Waals surface area contributed by atoms with Crippen LogP contribution in [-0.2, 0) is 17.9 Å². The molecule has 0 bridgehead atoms. The van der Waals surface area contributed by atoms with E-state index >= 15 is 0 Å². The third kappa shape index (κ3) is 3.26. The summed E-state index contributed by atoms with van der Waals surface area (Å²) in [6.45, 7) is 2.07. The summed E-state index contributed by atoms with van der Waals surface area (Å²) in [4.78, 5) is 33.0. The Labute approximate surface area is 123 Å². The fourth-order valence-electron chi connectivity index (χ4n) is 1.73. The Balaban J connectivity index is 2.09. The second-order valence-electron chi connectivity index (χ2n) is 4.29. The highest BCUT2D eigenvalue weighted by Gasteiger charge is 2.18. The third-order valence-electron chi connectivity index (χ3n) is 2.71. The molecule has 22 heavy (non-hydrogen) atoms. The number of amides is 2. The predicted octanol–water partition coefficient (Wildman–Crippen LogP) is -0.255. The number of carbonyl (C=O) groups excluding carboxylic acids is 2. The molecule has 11 nitrogen and oxygen atoms in total. The first kappa shape index (κ1) is 15.2. The van der Waals surface area contributed by atoms with Gasteiger partial charge in [-0.05, 0) is 11.8 Å². The van der Waals surface area contributed by atoms with Crippen LogP contribution < -0.4 is 11.1 Å². The Hall–Kier alpha value is -3.24. The van der Waals surface area contributed by atoms with Gasteiger partial charge in [0.15, 0.2) is 5.69 Å². The lowest BCUT2D eigenvalue weighted by molar-refractivity contribution is -0.389. The van der Waals surface area contributed by atoms with Gasteiger partial charge in [-0.25, -0.2) is 0 Å². The molecule has 2 aromatic heterocycles. The van der Waals surface area contributed by atoms with Crippen molar-refractivity contribution in [3.8, 4) is 0 Å². The minimum atomic E-state index is -0.766. The first-order valence-corrected chi connectivity index (χ1v) is 6.25. The normalized spacial score (nSPS) is 10.4. The zero-order valence-electron chi connectivity index (χ0n) is 11.6. The number of hydrogen-bond acceptors (Lipinski definition) is 6. The van der Waals surface area contributed by atoms with Crippen LogP contribution in [0.4, 0.5) is 11.5 Å². The topological polar surface area (TPSA) is 151 Å². The number of anilines is 1. The van der Waals surface area contributed by atoms with E-state index in [1.807, 2.05) is 6.92 Å². The third-order valence-corrected chi connectivity index (χ3v) is 2.71. The number of carbonyl (C=O) groups is 2. The van der Waals surface area contributed by atoms with Crippen LogP contribution in [0.3, 0.4) is 0 Å². The molecular formula is C11H13N7O4. The standard InChI is InChI=1S/C11H13N7O4/c1-2-16-5-7(10(15-16)11(12)20)13-9(19)6-17-4-3-8(14-17)18(21)22/h3-5H,2,6H2,1H3,(H2,12,20)(H,13,19). The molecule has 2 rings (SSSR count). The summed E-state index contributed by atoms with van der Waals surface area (Å²) in [5, 5.41) is 20.5. The molecule has 2 heterocycles. The maximum absolute atomic E-state index is 11.9. The Kier molecular flexibility index (Phi) is 4.15. The number of aryl methyl sites for hydroxylation is 1. The average Bonchev–Trinajstić information content (AvgIpc) is 3.05. The molecule has 2 aromatic rings. The van der Waals surface area contributed by atoms with Crippen molar-refractivity contribution in [2.45, 2.75) is 20.0 Å². The van der Waals surface area contributed by atoms with E-state index in [-0.39, 0.29) is 23.7 Å². The lowest BCUT2D eigenvalue weighted by Gasteiger charge is -2.02. The van der Waals surface area contributed by atoms with E-state index in [2.05, 4.69) is 15.5 Å². The second-order valence-corrected chi connectivity index (χ2v) is 4.29. The molecule has 0 radical (unpaired) electrons. The molecule has 3 N–H and O–H groups in total. The number of nitrogens with zero attached hydrogens (tertiary/aromatic N) is 5. The summed E-state index contributed by atoms with van der Waals surface area (Å²) in [5.41, 5.74) is 5.32. The number of aromatic nitrogens is 4. The maximum atomic E-state index is 11.9. The van der Waals surface area contributed by atoms with Gasteiger partial charge < -0.3 is 21.2 Å².